The highest BCUT2D eigenvalue weighted by Gasteiger charge is 2.36. The molecule has 0 unspecified atom stereocenters. The quantitative estimate of drug-likeness (QED) is 0.672. The minimum atomic E-state index is -0.415. The molecule has 3 amide bonds. The van der Waals surface area contributed by atoms with Gasteiger partial charge < -0.3 is 10.2 Å². The highest BCUT2D eigenvalue weighted by molar-refractivity contribution is 6.22. The lowest BCUT2D eigenvalue weighted by molar-refractivity contribution is -0.910. The predicted molar refractivity (Wildman–Crippen MR) is 106 cm³/mol. The zero-order valence-electron chi connectivity index (χ0n) is 16.3. The summed E-state index contributed by atoms with van der Waals surface area (Å²) in [7, 11) is 0. The van der Waals surface area contributed by atoms with Gasteiger partial charge in [-0.05, 0) is 31.5 Å². The van der Waals surface area contributed by atoms with Gasteiger partial charge in [-0.1, -0.05) is 36.4 Å². The molecule has 0 radical (unpaired) electrons. The van der Waals surface area contributed by atoms with Crippen molar-refractivity contribution in [3.8, 4) is 0 Å². The van der Waals surface area contributed by atoms with E-state index in [2.05, 4.69) is 25.2 Å². The Hall–Kier alpha value is -2.99. The highest BCUT2D eigenvalue weighted by atomic mass is 16.2. The van der Waals surface area contributed by atoms with Crippen molar-refractivity contribution in [2.45, 2.75) is 26.9 Å². The van der Waals surface area contributed by atoms with Gasteiger partial charge >= 0.3 is 0 Å². The van der Waals surface area contributed by atoms with Crippen LogP contribution in [0.4, 0.5) is 0 Å². The summed E-state index contributed by atoms with van der Waals surface area (Å²) in [5, 5.41) is 2.85. The minimum absolute atomic E-state index is 0.268. The van der Waals surface area contributed by atoms with Crippen molar-refractivity contribution in [1.82, 2.24) is 10.2 Å². The second-order valence-corrected chi connectivity index (χ2v) is 6.92. The van der Waals surface area contributed by atoms with Crippen LogP contribution < -0.4 is 10.2 Å². The SMILES string of the molecule is CC[NH+](CC)Cc1ccccc1CNC(=O)CN1C(=O)c2ccccc2C1=O. The number of imide groups is 1. The molecule has 0 atom stereocenters. The molecule has 2 aromatic rings. The molecule has 28 heavy (non-hydrogen) atoms. The van der Waals surface area contributed by atoms with Crippen LogP contribution in [0.3, 0.4) is 0 Å². The Morgan fingerprint density at radius 1 is 0.893 bits per heavy atom. The van der Waals surface area contributed by atoms with E-state index >= 15 is 0 Å². The molecule has 6 heteroatoms. The van der Waals surface area contributed by atoms with E-state index in [9.17, 15) is 14.4 Å². The Labute approximate surface area is 165 Å². The number of hydrogen-bond acceptors (Lipinski definition) is 3. The van der Waals surface area contributed by atoms with Crippen molar-refractivity contribution in [3.05, 3.63) is 70.8 Å². The van der Waals surface area contributed by atoms with Crippen LogP contribution in [-0.2, 0) is 17.9 Å². The Morgan fingerprint density at radius 2 is 1.43 bits per heavy atom. The highest BCUT2D eigenvalue weighted by Crippen LogP contribution is 2.21. The van der Waals surface area contributed by atoms with E-state index in [0.717, 1.165) is 30.1 Å². The van der Waals surface area contributed by atoms with Gasteiger partial charge in [0.05, 0.1) is 24.2 Å². The summed E-state index contributed by atoms with van der Waals surface area (Å²) in [6.45, 7) is 7.40. The molecule has 1 aliphatic heterocycles. The third-order valence-electron chi connectivity index (χ3n) is 5.21. The monoisotopic (exact) mass is 380 g/mol. The zero-order valence-corrected chi connectivity index (χ0v) is 16.3. The van der Waals surface area contributed by atoms with Crippen LogP contribution in [0, 0.1) is 0 Å². The van der Waals surface area contributed by atoms with E-state index < -0.39 is 11.8 Å². The molecule has 0 saturated carbocycles. The number of fused-ring (bicyclic) bond motifs is 1. The predicted octanol–water partition coefficient (Wildman–Crippen LogP) is 1.02. The maximum absolute atomic E-state index is 12.4. The first kappa shape index (κ1) is 19.8. The number of nitrogens with one attached hydrogen (secondary N) is 2. The lowest BCUT2D eigenvalue weighted by Crippen LogP contribution is -3.10. The first-order valence-corrected chi connectivity index (χ1v) is 9.67. The summed E-state index contributed by atoms with van der Waals surface area (Å²) in [6, 6.07) is 14.7. The molecule has 1 aliphatic rings. The first-order valence-electron chi connectivity index (χ1n) is 9.67. The van der Waals surface area contributed by atoms with Gasteiger partial charge in [-0.15, -0.1) is 0 Å². The van der Waals surface area contributed by atoms with Crippen LogP contribution in [0.1, 0.15) is 45.7 Å². The van der Waals surface area contributed by atoms with E-state index in [1.807, 2.05) is 18.2 Å². The molecule has 0 aromatic heterocycles. The number of rotatable bonds is 8. The Morgan fingerprint density at radius 3 is 2.00 bits per heavy atom. The van der Waals surface area contributed by atoms with Crippen molar-refractivity contribution in [3.63, 3.8) is 0 Å². The molecule has 146 valence electrons. The van der Waals surface area contributed by atoms with Gasteiger partial charge in [-0.3, -0.25) is 19.3 Å². The summed E-state index contributed by atoms with van der Waals surface area (Å²) in [5.74, 6) is -1.18. The van der Waals surface area contributed by atoms with Gasteiger partial charge in [0.25, 0.3) is 11.8 Å². The summed E-state index contributed by atoms with van der Waals surface area (Å²) >= 11 is 0. The molecule has 2 aromatic carbocycles. The average Bonchev–Trinajstić information content (AvgIpc) is 2.96. The van der Waals surface area contributed by atoms with Crippen LogP contribution in [-0.4, -0.2) is 42.3 Å². The van der Waals surface area contributed by atoms with Crippen molar-refractivity contribution in [2.24, 2.45) is 0 Å². The van der Waals surface area contributed by atoms with Gasteiger partial charge in [0, 0.05) is 12.1 Å². The fourth-order valence-corrected chi connectivity index (χ4v) is 3.45. The second-order valence-electron chi connectivity index (χ2n) is 6.92. The summed E-state index contributed by atoms with van der Waals surface area (Å²) in [6.07, 6.45) is 0. The van der Waals surface area contributed by atoms with Crippen molar-refractivity contribution in [2.75, 3.05) is 19.6 Å². The number of quaternary nitrogens is 1. The number of carbonyl (C=O) groups excluding carboxylic acids is 3. The smallest absolute Gasteiger partial charge is 0.262 e. The summed E-state index contributed by atoms with van der Waals surface area (Å²) in [5.41, 5.74) is 2.96. The van der Waals surface area contributed by atoms with E-state index in [0.29, 0.717) is 17.7 Å². The number of carbonyl (C=O) groups is 3. The van der Waals surface area contributed by atoms with Crippen molar-refractivity contribution >= 4 is 17.7 Å². The van der Waals surface area contributed by atoms with Gasteiger partial charge in [0.15, 0.2) is 0 Å². The Bertz CT molecular complexity index is 855. The third kappa shape index (κ3) is 4.12. The fourth-order valence-electron chi connectivity index (χ4n) is 3.45. The van der Waals surface area contributed by atoms with Crippen LogP contribution >= 0.6 is 0 Å². The number of benzene rings is 2. The standard InChI is InChI=1S/C22H25N3O3/c1-3-24(4-2)14-17-10-6-5-9-16(17)13-23-20(26)15-25-21(27)18-11-7-8-12-19(18)22(25)28/h5-12H,3-4,13-15H2,1-2H3,(H,23,26)/p+1. The number of nitrogens with zero attached hydrogens (tertiary/aromatic N) is 1. The van der Waals surface area contributed by atoms with Crippen molar-refractivity contribution in [1.29, 1.82) is 0 Å². The molecule has 0 aliphatic carbocycles. The average molecular weight is 380 g/mol. The zero-order chi connectivity index (χ0) is 20.1. The molecule has 2 N–H and O–H groups in total. The van der Waals surface area contributed by atoms with Crippen LogP contribution in [0.25, 0.3) is 0 Å². The summed E-state index contributed by atoms with van der Waals surface area (Å²) in [4.78, 5) is 39.6. The van der Waals surface area contributed by atoms with E-state index in [1.165, 1.54) is 10.5 Å². The molecule has 3 rings (SSSR count). The molecule has 0 saturated heterocycles. The molecular formula is C22H26N3O3+. The van der Waals surface area contributed by atoms with E-state index in [1.54, 1.807) is 24.3 Å². The molecular weight excluding hydrogens is 354 g/mol. The number of amides is 3. The van der Waals surface area contributed by atoms with Crippen LogP contribution in [0.2, 0.25) is 0 Å². The molecule has 0 bridgehead atoms. The van der Waals surface area contributed by atoms with Gasteiger partial charge in [-0.25, -0.2) is 0 Å². The Kier molecular flexibility index (Phi) is 6.21. The second kappa shape index (κ2) is 8.80. The lowest BCUT2D eigenvalue weighted by atomic mass is 10.1. The number of hydrogen-bond donors (Lipinski definition) is 2. The largest absolute Gasteiger partial charge is 0.350 e. The fraction of sp³-hybridized carbons (Fsp3) is 0.318. The van der Waals surface area contributed by atoms with E-state index in [4.69, 9.17) is 0 Å². The Balaban J connectivity index is 1.62. The van der Waals surface area contributed by atoms with Gasteiger partial charge in [-0.2, -0.15) is 0 Å². The third-order valence-corrected chi connectivity index (χ3v) is 5.21. The maximum atomic E-state index is 12.4. The molecule has 0 fully saturated rings. The molecule has 1 heterocycles. The van der Waals surface area contributed by atoms with Gasteiger partial charge in [0.2, 0.25) is 5.91 Å². The first-order chi connectivity index (χ1) is 13.5. The lowest BCUT2D eigenvalue weighted by Gasteiger charge is -2.18. The minimum Gasteiger partial charge on any atom is -0.350 e. The van der Waals surface area contributed by atoms with Crippen LogP contribution in [0.15, 0.2) is 48.5 Å². The van der Waals surface area contributed by atoms with Crippen molar-refractivity contribution < 1.29 is 19.3 Å². The van der Waals surface area contributed by atoms with E-state index in [-0.39, 0.29) is 12.5 Å². The molecule has 6 nitrogen and oxygen atoms in total. The maximum Gasteiger partial charge on any atom is 0.262 e. The topological polar surface area (TPSA) is 70.9 Å². The van der Waals surface area contributed by atoms with Gasteiger partial charge in [0.1, 0.15) is 13.1 Å². The normalized spacial score (nSPS) is 13.2. The van der Waals surface area contributed by atoms with Crippen LogP contribution in [0.5, 0.6) is 0 Å². The summed E-state index contributed by atoms with van der Waals surface area (Å²) < 4.78 is 0. The molecule has 0 spiro atoms.